The Morgan fingerprint density at radius 2 is 2.31 bits per heavy atom. The molecule has 0 bridgehead atoms. The first-order valence-corrected chi connectivity index (χ1v) is 5.98. The van der Waals surface area contributed by atoms with Crippen molar-refractivity contribution in [3.63, 3.8) is 0 Å². The maximum Gasteiger partial charge on any atom is 0.131 e. The number of aromatic nitrogens is 2. The third-order valence-corrected chi connectivity index (χ3v) is 3.32. The summed E-state index contributed by atoms with van der Waals surface area (Å²) in [6, 6.07) is 2.22. The molecule has 1 aliphatic carbocycles. The van der Waals surface area contributed by atoms with E-state index in [0.29, 0.717) is 12.5 Å². The molecule has 3 nitrogen and oxygen atoms in total. The van der Waals surface area contributed by atoms with Gasteiger partial charge in [0, 0.05) is 25.2 Å². The van der Waals surface area contributed by atoms with Gasteiger partial charge in [-0.3, -0.25) is 4.68 Å². The topological polar surface area (TPSA) is 43.8 Å². The maximum absolute atomic E-state index is 14.4. The van der Waals surface area contributed by atoms with Crippen molar-refractivity contribution in [2.45, 2.75) is 44.8 Å². The summed E-state index contributed by atoms with van der Waals surface area (Å²) < 4.78 is 16.3. The molecule has 0 amide bonds. The average Bonchev–Trinajstić information content (AvgIpc) is 3.00. The van der Waals surface area contributed by atoms with E-state index in [1.54, 1.807) is 0 Å². The Hall–Kier alpha value is -0.900. The number of rotatable bonds is 5. The van der Waals surface area contributed by atoms with Gasteiger partial charge in [-0.25, -0.2) is 4.39 Å². The van der Waals surface area contributed by atoms with E-state index in [-0.39, 0.29) is 12.5 Å². The van der Waals surface area contributed by atoms with E-state index in [4.69, 9.17) is 5.73 Å². The van der Waals surface area contributed by atoms with Crippen molar-refractivity contribution in [2.24, 2.45) is 11.7 Å². The fourth-order valence-electron chi connectivity index (χ4n) is 2.04. The number of nitrogens with two attached hydrogens (primary N) is 1. The van der Waals surface area contributed by atoms with Crippen LogP contribution < -0.4 is 5.73 Å². The van der Waals surface area contributed by atoms with Crippen LogP contribution in [-0.4, -0.2) is 22.0 Å². The Morgan fingerprint density at radius 1 is 1.62 bits per heavy atom. The SMILES string of the molecule is CC(C)n1ccc(CC(F)(CN)C2CC2)n1. The van der Waals surface area contributed by atoms with E-state index in [9.17, 15) is 4.39 Å². The molecule has 1 aromatic heterocycles. The lowest BCUT2D eigenvalue weighted by Gasteiger charge is -2.22. The first kappa shape index (κ1) is 11.6. The van der Waals surface area contributed by atoms with Crippen molar-refractivity contribution in [3.8, 4) is 0 Å². The molecule has 1 heterocycles. The maximum atomic E-state index is 14.4. The molecule has 0 aromatic carbocycles. The molecule has 0 spiro atoms. The van der Waals surface area contributed by atoms with Gasteiger partial charge in [-0.1, -0.05) is 0 Å². The van der Waals surface area contributed by atoms with Crippen LogP contribution in [-0.2, 0) is 6.42 Å². The van der Waals surface area contributed by atoms with Crippen molar-refractivity contribution < 1.29 is 4.39 Å². The summed E-state index contributed by atoms with van der Waals surface area (Å²) in [5.41, 5.74) is 5.13. The fourth-order valence-corrected chi connectivity index (χ4v) is 2.04. The zero-order valence-corrected chi connectivity index (χ0v) is 9.99. The average molecular weight is 225 g/mol. The Bertz CT molecular complexity index is 357. The number of alkyl halides is 1. The van der Waals surface area contributed by atoms with Gasteiger partial charge in [-0.15, -0.1) is 0 Å². The standard InChI is InChI=1S/C12H20FN3/c1-9(2)16-6-5-11(15-16)7-12(13,8-14)10-3-4-10/h5-6,9-10H,3-4,7-8,14H2,1-2H3. The number of hydrogen-bond donors (Lipinski definition) is 1. The Balaban J connectivity index is 2.06. The molecule has 1 aliphatic rings. The summed E-state index contributed by atoms with van der Waals surface area (Å²) in [7, 11) is 0. The van der Waals surface area contributed by atoms with E-state index in [1.165, 1.54) is 0 Å². The van der Waals surface area contributed by atoms with Gasteiger partial charge in [-0.2, -0.15) is 5.10 Å². The Morgan fingerprint density at radius 3 is 2.75 bits per heavy atom. The minimum absolute atomic E-state index is 0.103. The van der Waals surface area contributed by atoms with Gasteiger partial charge in [-0.05, 0) is 38.7 Å². The van der Waals surface area contributed by atoms with Gasteiger partial charge in [0.05, 0.1) is 5.69 Å². The summed E-state index contributed by atoms with van der Waals surface area (Å²) in [4.78, 5) is 0. The highest BCUT2D eigenvalue weighted by atomic mass is 19.1. The van der Waals surface area contributed by atoms with Crippen LogP contribution in [0.1, 0.15) is 38.4 Å². The molecule has 4 heteroatoms. The van der Waals surface area contributed by atoms with Gasteiger partial charge in [0.15, 0.2) is 0 Å². The smallest absolute Gasteiger partial charge is 0.131 e. The molecule has 1 unspecified atom stereocenters. The predicted octanol–water partition coefficient (Wildman–Crippen LogP) is 2.08. The summed E-state index contributed by atoms with van der Waals surface area (Å²) in [5.74, 6) is 0.154. The van der Waals surface area contributed by atoms with Gasteiger partial charge in [0.2, 0.25) is 0 Å². The van der Waals surface area contributed by atoms with Crippen molar-refractivity contribution in [1.29, 1.82) is 0 Å². The quantitative estimate of drug-likeness (QED) is 0.833. The highest BCUT2D eigenvalue weighted by molar-refractivity contribution is 5.09. The summed E-state index contributed by atoms with van der Waals surface area (Å²) in [5, 5.41) is 4.37. The third-order valence-electron chi connectivity index (χ3n) is 3.32. The second kappa shape index (κ2) is 4.17. The van der Waals surface area contributed by atoms with E-state index in [1.807, 2.05) is 16.9 Å². The molecule has 0 saturated heterocycles. The van der Waals surface area contributed by atoms with E-state index >= 15 is 0 Å². The lowest BCUT2D eigenvalue weighted by molar-refractivity contribution is 0.141. The molecule has 1 saturated carbocycles. The van der Waals surface area contributed by atoms with Gasteiger partial charge >= 0.3 is 0 Å². The molecular weight excluding hydrogens is 205 g/mol. The van der Waals surface area contributed by atoms with Crippen molar-refractivity contribution >= 4 is 0 Å². The molecule has 0 radical (unpaired) electrons. The van der Waals surface area contributed by atoms with E-state index in [0.717, 1.165) is 18.5 Å². The van der Waals surface area contributed by atoms with E-state index in [2.05, 4.69) is 18.9 Å². The van der Waals surface area contributed by atoms with Crippen molar-refractivity contribution in [3.05, 3.63) is 18.0 Å². The Labute approximate surface area is 95.8 Å². The molecular formula is C12H20FN3. The molecule has 16 heavy (non-hydrogen) atoms. The largest absolute Gasteiger partial charge is 0.328 e. The molecule has 90 valence electrons. The minimum Gasteiger partial charge on any atom is -0.328 e. The second-order valence-corrected chi connectivity index (χ2v) is 5.07. The van der Waals surface area contributed by atoms with Crippen LogP contribution in [0.25, 0.3) is 0 Å². The van der Waals surface area contributed by atoms with E-state index < -0.39 is 5.67 Å². The van der Waals surface area contributed by atoms with Gasteiger partial charge < -0.3 is 5.73 Å². The summed E-state index contributed by atoms with van der Waals surface area (Å²) in [6.07, 6.45) is 4.20. The third kappa shape index (κ3) is 2.26. The minimum atomic E-state index is -1.24. The second-order valence-electron chi connectivity index (χ2n) is 5.07. The van der Waals surface area contributed by atoms with Crippen LogP contribution in [0.4, 0.5) is 4.39 Å². The molecule has 1 atom stereocenters. The zero-order chi connectivity index (χ0) is 11.8. The molecule has 0 aliphatic heterocycles. The fraction of sp³-hybridized carbons (Fsp3) is 0.750. The predicted molar refractivity (Wildman–Crippen MR) is 61.9 cm³/mol. The van der Waals surface area contributed by atoms with Crippen molar-refractivity contribution in [1.82, 2.24) is 9.78 Å². The van der Waals surface area contributed by atoms with Gasteiger partial charge in [0.1, 0.15) is 5.67 Å². The zero-order valence-electron chi connectivity index (χ0n) is 9.99. The highest BCUT2D eigenvalue weighted by Crippen LogP contribution is 2.43. The molecule has 1 fully saturated rings. The Kier molecular flexibility index (Phi) is 3.02. The van der Waals surface area contributed by atoms with Crippen LogP contribution in [0, 0.1) is 5.92 Å². The first-order valence-electron chi connectivity index (χ1n) is 5.98. The lowest BCUT2D eigenvalue weighted by atomic mass is 9.94. The summed E-state index contributed by atoms with van der Waals surface area (Å²) in [6.45, 7) is 4.22. The number of halogens is 1. The van der Waals surface area contributed by atoms with Crippen molar-refractivity contribution in [2.75, 3.05) is 6.54 Å². The highest BCUT2D eigenvalue weighted by Gasteiger charge is 2.45. The lowest BCUT2D eigenvalue weighted by Crippen LogP contribution is -2.37. The van der Waals surface area contributed by atoms with Crippen LogP contribution in [0.3, 0.4) is 0 Å². The van der Waals surface area contributed by atoms with Gasteiger partial charge in [0.25, 0.3) is 0 Å². The summed E-state index contributed by atoms with van der Waals surface area (Å²) >= 11 is 0. The normalized spacial score (nSPS) is 20.1. The number of hydrogen-bond acceptors (Lipinski definition) is 2. The molecule has 1 aromatic rings. The monoisotopic (exact) mass is 225 g/mol. The first-order chi connectivity index (χ1) is 7.55. The number of nitrogens with zero attached hydrogens (tertiary/aromatic N) is 2. The molecule has 2 rings (SSSR count). The van der Waals surface area contributed by atoms with Crippen LogP contribution in [0.15, 0.2) is 12.3 Å². The van der Waals surface area contributed by atoms with Crippen LogP contribution >= 0.6 is 0 Å². The van der Waals surface area contributed by atoms with Crippen LogP contribution in [0.2, 0.25) is 0 Å². The van der Waals surface area contributed by atoms with Crippen LogP contribution in [0.5, 0.6) is 0 Å². The molecule has 2 N–H and O–H groups in total.